The molecule has 0 saturated heterocycles. The Balaban J connectivity index is 2.16. The zero-order chi connectivity index (χ0) is 13.3. The van der Waals surface area contributed by atoms with Crippen molar-refractivity contribution in [3.63, 3.8) is 0 Å². The van der Waals surface area contributed by atoms with Gasteiger partial charge in [-0.1, -0.05) is 18.0 Å². The lowest BCUT2D eigenvalue weighted by Crippen LogP contribution is -2.48. The lowest BCUT2D eigenvalue weighted by molar-refractivity contribution is -0.159. The van der Waals surface area contributed by atoms with Crippen LogP contribution < -0.4 is 5.32 Å². The van der Waals surface area contributed by atoms with Crippen molar-refractivity contribution in [3.05, 3.63) is 29.0 Å². The third-order valence-corrected chi connectivity index (χ3v) is 3.54. The van der Waals surface area contributed by atoms with Gasteiger partial charge in [0.2, 0.25) is 5.91 Å². The summed E-state index contributed by atoms with van der Waals surface area (Å²) in [6.45, 7) is 0. The van der Waals surface area contributed by atoms with Gasteiger partial charge in [-0.15, -0.1) is 0 Å². The number of rotatable bonds is 3. The van der Waals surface area contributed by atoms with Crippen molar-refractivity contribution in [3.8, 4) is 0 Å². The molecule has 0 aliphatic heterocycles. The molecule has 6 heteroatoms. The predicted molar refractivity (Wildman–Crippen MR) is 64.0 cm³/mol. The van der Waals surface area contributed by atoms with Gasteiger partial charge in [0.1, 0.15) is 11.2 Å². The normalized spacial score (nSPS) is 16.8. The van der Waals surface area contributed by atoms with E-state index in [9.17, 15) is 14.0 Å². The van der Waals surface area contributed by atoms with E-state index in [0.29, 0.717) is 19.3 Å². The number of carbonyl (C=O) groups is 2. The first-order chi connectivity index (χ1) is 8.45. The van der Waals surface area contributed by atoms with Crippen molar-refractivity contribution in [2.75, 3.05) is 5.32 Å². The smallest absolute Gasteiger partial charge is 0.319 e. The number of carboxylic acid groups (broad SMARTS) is 1. The van der Waals surface area contributed by atoms with Crippen LogP contribution in [-0.4, -0.2) is 17.0 Å². The van der Waals surface area contributed by atoms with Gasteiger partial charge in [0.05, 0.1) is 5.02 Å². The first kappa shape index (κ1) is 12.8. The van der Waals surface area contributed by atoms with Crippen molar-refractivity contribution in [2.24, 2.45) is 5.41 Å². The number of amides is 1. The second kappa shape index (κ2) is 4.57. The largest absolute Gasteiger partial charge is 0.480 e. The molecule has 0 aromatic heterocycles. The summed E-state index contributed by atoms with van der Waals surface area (Å²) in [5.41, 5.74) is -1.16. The van der Waals surface area contributed by atoms with Crippen LogP contribution in [0.25, 0.3) is 0 Å². The number of aliphatic carboxylic acids is 1. The standard InChI is InChI=1S/C12H11ClFNO3/c13-8-3-2-7(6-9(8)14)15-10(16)12(11(17)18)4-1-5-12/h2-3,6H,1,4-5H2,(H,15,16)(H,17,18). The maximum Gasteiger partial charge on any atom is 0.319 e. The highest BCUT2D eigenvalue weighted by molar-refractivity contribution is 6.30. The molecule has 0 heterocycles. The third-order valence-electron chi connectivity index (χ3n) is 3.23. The molecule has 1 fully saturated rings. The van der Waals surface area contributed by atoms with Crippen LogP contribution in [0.5, 0.6) is 0 Å². The molecule has 1 aliphatic rings. The van der Waals surface area contributed by atoms with Crippen LogP contribution in [0.2, 0.25) is 5.02 Å². The van der Waals surface area contributed by atoms with Gasteiger partial charge >= 0.3 is 5.97 Å². The predicted octanol–water partition coefficient (Wildman–Crippen LogP) is 2.67. The van der Waals surface area contributed by atoms with Crippen LogP contribution in [0.4, 0.5) is 10.1 Å². The summed E-state index contributed by atoms with van der Waals surface area (Å²) in [5.74, 6) is -2.41. The topological polar surface area (TPSA) is 66.4 Å². The minimum absolute atomic E-state index is 0.0513. The summed E-state index contributed by atoms with van der Waals surface area (Å²) in [6, 6.07) is 3.80. The Morgan fingerprint density at radius 3 is 2.50 bits per heavy atom. The van der Waals surface area contributed by atoms with Crippen LogP contribution in [0.15, 0.2) is 18.2 Å². The molecule has 4 nitrogen and oxygen atoms in total. The molecule has 2 N–H and O–H groups in total. The molecule has 18 heavy (non-hydrogen) atoms. The fraction of sp³-hybridized carbons (Fsp3) is 0.333. The van der Waals surface area contributed by atoms with Gasteiger partial charge < -0.3 is 10.4 Å². The molecule has 0 spiro atoms. The van der Waals surface area contributed by atoms with Crippen molar-refractivity contribution in [2.45, 2.75) is 19.3 Å². The molecule has 1 saturated carbocycles. The molecular formula is C12H11ClFNO3. The van der Waals surface area contributed by atoms with Gasteiger partial charge in [0, 0.05) is 5.69 Å². The lowest BCUT2D eigenvalue weighted by Gasteiger charge is -2.35. The average molecular weight is 272 g/mol. The number of benzene rings is 1. The molecule has 0 atom stereocenters. The molecule has 1 aromatic rings. The second-order valence-electron chi connectivity index (χ2n) is 4.32. The highest BCUT2D eigenvalue weighted by Gasteiger charge is 2.51. The first-order valence-electron chi connectivity index (χ1n) is 5.45. The highest BCUT2D eigenvalue weighted by Crippen LogP contribution is 2.42. The number of hydrogen-bond acceptors (Lipinski definition) is 2. The third kappa shape index (κ3) is 2.06. The first-order valence-corrected chi connectivity index (χ1v) is 5.83. The Morgan fingerprint density at radius 2 is 2.06 bits per heavy atom. The van der Waals surface area contributed by atoms with E-state index in [2.05, 4.69) is 5.32 Å². The number of halogens is 2. The zero-order valence-corrected chi connectivity index (χ0v) is 10.1. The average Bonchev–Trinajstić information content (AvgIpc) is 2.21. The van der Waals surface area contributed by atoms with Gasteiger partial charge in [0.25, 0.3) is 0 Å². The Morgan fingerprint density at radius 1 is 1.39 bits per heavy atom. The molecule has 1 aromatic carbocycles. The molecule has 96 valence electrons. The number of carbonyl (C=O) groups excluding carboxylic acids is 1. The Hall–Kier alpha value is -1.62. The molecule has 0 unspecified atom stereocenters. The van der Waals surface area contributed by atoms with Gasteiger partial charge in [-0.25, -0.2) is 4.39 Å². The van der Waals surface area contributed by atoms with Crippen molar-refractivity contribution in [1.82, 2.24) is 0 Å². The van der Waals surface area contributed by atoms with Gasteiger partial charge in [-0.3, -0.25) is 9.59 Å². The van der Waals surface area contributed by atoms with E-state index in [1.165, 1.54) is 12.1 Å². The Kier molecular flexibility index (Phi) is 3.26. The molecule has 0 radical (unpaired) electrons. The monoisotopic (exact) mass is 271 g/mol. The number of anilines is 1. The van der Waals surface area contributed by atoms with Gasteiger partial charge in [0.15, 0.2) is 0 Å². The van der Waals surface area contributed by atoms with Crippen molar-refractivity contribution < 1.29 is 19.1 Å². The fourth-order valence-corrected chi connectivity index (χ4v) is 2.01. The van der Waals surface area contributed by atoms with Crippen LogP contribution in [0.3, 0.4) is 0 Å². The Labute approximate surface area is 108 Å². The molecule has 1 aliphatic carbocycles. The van der Waals surface area contributed by atoms with Crippen LogP contribution in [-0.2, 0) is 9.59 Å². The van der Waals surface area contributed by atoms with Crippen LogP contribution in [0, 0.1) is 11.2 Å². The highest BCUT2D eigenvalue weighted by atomic mass is 35.5. The van der Waals surface area contributed by atoms with E-state index in [1.54, 1.807) is 0 Å². The van der Waals surface area contributed by atoms with Gasteiger partial charge in [-0.2, -0.15) is 0 Å². The van der Waals surface area contributed by atoms with E-state index in [0.717, 1.165) is 6.07 Å². The quantitative estimate of drug-likeness (QED) is 0.831. The zero-order valence-electron chi connectivity index (χ0n) is 9.37. The summed E-state index contributed by atoms with van der Waals surface area (Å²) < 4.78 is 13.2. The molecule has 1 amide bonds. The van der Waals surface area contributed by atoms with E-state index in [1.807, 2.05) is 0 Å². The minimum atomic E-state index is -1.36. The minimum Gasteiger partial charge on any atom is -0.480 e. The molecule has 0 bridgehead atoms. The number of carboxylic acids is 1. The van der Waals surface area contributed by atoms with Crippen molar-refractivity contribution >= 4 is 29.2 Å². The number of hydrogen-bond donors (Lipinski definition) is 2. The summed E-state index contributed by atoms with van der Waals surface area (Å²) in [7, 11) is 0. The lowest BCUT2D eigenvalue weighted by atomic mass is 9.68. The van der Waals surface area contributed by atoms with E-state index >= 15 is 0 Å². The summed E-state index contributed by atoms with van der Waals surface area (Å²) in [4.78, 5) is 23.0. The van der Waals surface area contributed by atoms with E-state index < -0.39 is 23.1 Å². The number of nitrogens with one attached hydrogen (secondary N) is 1. The van der Waals surface area contributed by atoms with Crippen molar-refractivity contribution in [1.29, 1.82) is 0 Å². The SMILES string of the molecule is O=C(O)C1(C(=O)Nc2ccc(Cl)c(F)c2)CCC1. The van der Waals surface area contributed by atoms with Gasteiger partial charge in [-0.05, 0) is 31.0 Å². The van der Waals surface area contributed by atoms with E-state index in [-0.39, 0.29) is 10.7 Å². The van der Waals surface area contributed by atoms with Crippen LogP contribution >= 0.6 is 11.6 Å². The fourth-order valence-electron chi connectivity index (χ4n) is 1.89. The summed E-state index contributed by atoms with van der Waals surface area (Å²) >= 11 is 5.51. The molecule has 2 rings (SSSR count). The maximum absolute atomic E-state index is 13.2. The maximum atomic E-state index is 13.2. The molecular weight excluding hydrogens is 261 g/mol. The van der Waals surface area contributed by atoms with E-state index in [4.69, 9.17) is 16.7 Å². The Bertz CT molecular complexity index is 514. The summed E-state index contributed by atoms with van der Waals surface area (Å²) in [6.07, 6.45) is 1.32. The second-order valence-corrected chi connectivity index (χ2v) is 4.73. The van der Waals surface area contributed by atoms with Crippen LogP contribution in [0.1, 0.15) is 19.3 Å². The summed E-state index contributed by atoms with van der Waals surface area (Å²) in [5, 5.41) is 11.4.